The van der Waals surface area contributed by atoms with E-state index in [1.807, 2.05) is 6.07 Å². The summed E-state index contributed by atoms with van der Waals surface area (Å²) in [6, 6.07) is 6.99. The molecule has 0 aliphatic carbocycles. The van der Waals surface area contributed by atoms with Crippen molar-refractivity contribution < 1.29 is 13.6 Å². The summed E-state index contributed by atoms with van der Waals surface area (Å²) in [5.74, 6) is -1.18. The molecule has 5 rings (SSSR count). The molecule has 0 saturated carbocycles. The predicted octanol–water partition coefficient (Wildman–Crippen LogP) is 3.38. The Hall–Kier alpha value is -3.55. The van der Waals surface area contributed by atoms with Gasteiger partial charge < -0.3 is 16.0 Å². The molecule has 3 aromatic rings. The summed E-state index contributed by atoms with van der Waals surface area (Å²) in [7, 11) is 0. The molecule has 1 amide bonds. The van der Waals surface area contributed by atoms with Crippen LogP contribution < -0.4 is 16.0 Å². The van der Waals surface area contributed by atoms with Crippen molar-refractivity contribution >= 4 is 23.1 Å². The Kier molecular flexibility index (Phi) is 3.71. The number of halogens is 2. The zero-order chi connectivity index (χ0) is 19.3. The normalized spacial score (nSPS) is 14.3. The molecule has 2 aliphatic heterocycles. The molecule has 0 bridgehead atoms. The maximum absolute atomic E-state index is 14.3. The summed E-state index contributed by atoms with van der Waals surface area (Å²) >= 11 is 0. The van der Waals surface area contributed by atoms with Gasteiger partial charge in [0.05, 0.1) is 34.7 Å². The van der Waals surface area contributed by atoms with Crippen LogP contribution in [0.3, 0.4) is 0 Å². The van der Waals surface area contributed by atoms with Crippen LogP contribution in [0.5, 0.6) is 0 Å². The SMILES string of the molecule is O=C1NCc2nc(-c3c(F)cccc3F)cc(Nc3cc4c(cn3)CCN4)c21. The molecule has 8 heteroatoms. The number of amides is 1. The first kappa shape index (κ1) is 16.6. The first-order valence-corrected chi connectivity index (χ1v) is 8.86. The topological polar surface area (TPSA) is 78.9 Å². The molecule has 0 fully saturated rings. The minimum absolute atomic E-state index is 0.118. The Balaban J connectivity index is 1.63. The van der Waals surface area contributed by atoms with Gasteiger partial charge in [0.1, 0.15) is 17.5 Å². The van der Waals surface area contributed by atoms with Crippen LogP contribution in [-0.2, 0) is 13.0 Å². The first-order valence-electron chi connectivity index (χ1n) is 8.86. The molecule has 0 atom stereocenters. The fourth-order valence-corrected chi connectivity index (χ4v) is 3.59. The van der Waals surface area contributed by atoms with E-state index in [0.717, 1.165) is 24.2 Å². The van der Waals surface area contributed by atoms with Gasteiger partial charge in [-0.05, 0) is 30.2 Å². The summed E-state index contributed by atoms with van der Waals surface area (Å²) in [6.07, 6.45) is 2.68. The number of carbonyl (C=O) groups excluding carboxylic acids is 1. The van der Waals surface area contributed by atoms with Gasteiger partial charge >= 0.3 is 0 Å². The minimum Gasteiger partial charge on any atom is -0.384 e. The zero-order valence-electron chi connectivity index (χ0n) is 14.6. The Morgan fingerprint density at radius 2 is 1.89 bits per heavy atom. The second-order valence-corrected chi connectivity index (χ2v) is 6.68. The number of carbonyl (C=O) groups is 1. The largest absolute Gasteiger partial charge is 0.384 e. The van der Waals surface area contributed by atoms with E-state index < -0.39 is 11.6 Å². The van der Waals surface area contributed by atoms with E-state index in [2.05, 4.69) is 25.9 Å². The molecule has 1 aromatic carbocycles. The van der Waals surface area contributed by atoms with E-state index in [1.165, 1.54) is 24.3 Å². The lowest BCUT2D eigenvalue weighted by molar-refractivity contribution is 0.0966. The quantitative estimate of drug-likeness (QED) is 0.650. The third-order valence-electron chi connectivity index (χ3n) is 4.92. The minimum atomic E-state index is -0.712. The van der Waals surface area contributed by atoms with Crippen molar-refractivity contribution in [2.45, 2.75) is 13.0 Å². The van der Waals surface area contributed by atoms with Crippen molar-refractivity contribution in [2.24, 2.45) is 0 Å². The van der Waals surface area contributed by atoms with E-state index in [-0.39, 0.29) is 23.7 Å². The Morgan fingerprint density at radius 3 is 2.71 bits per heavy atom. The van der Waals surface area contributed by atoms with Crippen molar-refractivity contribution in [3.05, 3.63) is 65.0 Å². The average molecular weight is 379 g/mol. The standard InChI is InChI=1S/C20H15F2N5O/c21-11-2-1-3-12(22)18(11)14-6-15(19-16(26-14)9-25-20(19)28)27-17-7-13-10(8-24-17)4-5-23-13/h1-3,6-8,23H,4-5,9H2,(H,25,28)(H,24,26,27). The van der Waals surface area contributed by atoms with Crippen LogP contribution >= 0.6 is 0 Å². The highest BCUT2D eigenvalue weighted by atomic mass is 19.1. The van der Waals surface area contributed by atoms with Gasteiger partial charge in [0, 0.05) is 24.5 Å². The van der Waals surface area contributed by atoms with Crippen molar-refractivity contribution in [2.75, 3.05) is 17.2 Å². The molecule has 2 aromatic heterocycles. The maximum atomic E-state index is 14.3. The van der Waals surface area contributed by atoms with Gasteiger partial charge in [0.2, 0.25) is 0 Å². The number of hydrogen-bond acceptors (Lipinski definition) is 5. The van der Waals surface area contributed by atoms with Crippen molar-refractivity contribution in [3.8, 4) is 11.3 Å². The molecule has 0 radical (unpaired) electrons. The first-order chi connectivity index (χ1) is 13.6. The lowest BCUT2D eigenvalue weighted by Gasteiger charge is -2.13. The van der Waals surface area contributed by atoms with E-state index in [1.54, 1.807) is 6.20 Å². The highest BCUT2D eigenvalue weighted by molar-refractivity contribution is 6.04. The van der Waals surface area contributed by atoms with Gasteiger partial charge in [-0.2, -0.15) is 0 Å². The summed E-state index contributed by atoms with van der Waals surface area (Å²) in [5.41, 5.74) is 3.19. The van der Waals surface area contributed by atoms with Gasteiger partial charge in [-0.3, -0.25) is 4.79 Å². The fraction of sp³-hybridized carbons (Fsp3) is 0.150. The molecule has 0 saturated heterocycles. The summed E-state index contributed by atoms with van der Waals surface area (Å²) in [5, 5.41) is 9.08. The van der Waals surface area contributed by atoms with Crippen LogP contribution in [0.25, 0.3) is 11.3 Å². The predicted molar refractivity (Wildman–Crippen MR) is 100 cm³/mol. The van der Waals surface area contributed by atoms with Crippen LogP contribution in [0.15, 0.2) is 36.5 Å². The molecule has 0 unspecified atom stereocenters. The molecule has 140 valence electrons. The van der Waals surface area contributed by atoms with Crippen LogP contribution in [0.2, 0.25) is 0 Å². The number of hydrogen-bond donors (Lipinski definition) is 3. The van der Waals surface area contributed by atoms with Gasteiger partial charge in [0.15, 0.2) is 0 Å². The van der Waals surface area contributed by atoms with Crippen LogP contribution in [0.4, 0.5) is 26.0 Å². The molecule has 6 nitrogen and oxygen atoms in total. The number of rotatable bonds is 3. The third kappa shape index (κ3) is 2.65. The Labute approximate surface area is 159 Å². The van der Waals surface area contributed by atoms with Crippen molar-refractivity contribution in [3.63, 3.8) is 0 Å². The second kappa shape index (κ2) is 6.26. The number of nitrogens with zero attached hydrogens (tertiary/aromatic N) is 2. The smallest absolute Gasteiger partial charge is 0.255 e. The third-order valence-corrected chi connectivity index (χ3v) is 4.92. The number of benzene rings is 1. The lowest BCUT2D eigenvalue weighted by Crippen LogP contribution is -2.13. The lowest BCUT2D eigenvalue weighted by atomic mass is 10.1. The van der Waals surface area contributed by atoms with E-state index in [0.29, 0.717) is 22.8 Å². The maximum Gasteiger partial charge on any atom is 0.255 e. The van der Waals surface area contributed by atoms with Gasteiger partial charge in [0.25, 0.3) is 5.91 Å². The fourth-order valence-electron chi connectivity index (χ4n) is 3.59. The molecule has 28 heavy (non-hydrogen) atoms. The van der Waals surface area contributed by atoms with E-state index in [9.17, 15) is 13.6 Å². The number of aromatic nitrogens is 2. The van der Waals surface area contributed by atoms with Gasteiger partial charge in [-0.25, -0.2) is 18.7 Å². The van der Waals surface area contributed by atoms with Crippen LogP contribution in [0.1, 0.15) is 21.6 Å². The van der Waals surface area contributed by atoms with Crippen LogP contribution in [-0.4, -0.2) is 22.4 Å². The van der Waals surface area contributed by atoms with Crippen molar-refractivity contribution in [1.82, 2.24) is 15.3 Å². The van der Waals surface area contributed by atoms with E-state index in [4.69, 9.17) is 0 Å². The molecular weight excluding hydrogens is 364 g/mol. The van der Waals surface area contributed by atoms with Crippen LogP contribution in [0, 0.1) is 11.6 Å². The van der Waals surface area contributed by atoms with Crippen molar-refractivity contribution in [1.29, 1.82) is 0 Å². The number of anilines is 3. The molecule has 4 heterocycles. The monoisotopic (exact) mass is 379 g/mol. The highest BCUT2D eigenvalue weighted by Gasteiger charge is 2.27. The summed E-state index contributed by atoms with van der Waals surface area (Å²) in [6.45, 7) is 1.05. The van der Waals surface area contributed by atoms with E-state index >= 15 is 0 Å². The number of fused-ring (bicyclic) bond motifs is 2. The second-order valence-electron chi connectivity index (χ2n) is 6.68. The Morgan fingerprint density at radius 1 is 1.07 bits per heavy atom. The zero-order valence-corrected chi connectivity index (χ0v) is 14.6. The Bertz CT molecular complexity index is 1110. The molecule has 0 spiro atoms. The summed E-state index contributed by atoms with van der Waals surface area (Å²) in [4.78, 5) is 21.0. The molecule has 2 aliphatic rings. The van der Waals surface area contributed by atoms with Gasteiger partial charge in [-0.1, -0.05) is 6.07 Å². The molecular formula is C20H15F2N5O. The van der Waals surface area contributed by atoms with Gasteiger partial charge in [-0.15, -0.1) is 0 Å². The number of pyridine rings is 2. The molecule has 3 N–H and O–H groups in total. The number of nitrogens with one attached hydrogen (secondary N) is 3. The average Bonchev–Trinajstić information content (AvgIpc) is 3.28. The highest BCUT2D eigenvalue weighted by Crippen LogP contribution is 2.33. The summed E-state index contributed by atoms with van der Waals surface area (Å²) < 4.78 is 28.5.